The van der Waals surface area contributed by atoms with E-state index in [9.17, 15) is 4.79 Å². The average molecular weight is 199 g/mol. The number of nitrogens with zero attached hydrogens (tertiary/aromatic N) is 1. The van der Waals surface area contributed by atoms with Gasteiger partial charge in [0.1, 0.15) is 12.6 Å². The maximum absolute atomic E-state index is 10.7. The van der Waals surface area contributed by atoms with Crippen molar-refractivity contribution in [2.24, 2.45) is 0 Å². The quantitative estimate of drug-likeness (QED) is 0.744. The predicted octanol–water partition coefficient (Wildman–Crippen LogP) is 1.52. The highest BCUT2D eigenvalue weighted by Crippen LogP contribution is 2.17. The van der Waals surface area contributed by atoms with Gasteiger partial charge in [-0.2, -0.15) is 0 Å². The molecule has 0 aliphatic carbocycles. The third-order valence-corrected chi connectivity index (χ3v) is 2.00. The molecule has 13 heavy (non-hydrogen) atoms. The minimum Gasteiger partial charge on any atom is -0.447 e. The number of amides is 1. The van der Waals surface area contributed by atoms with Crippen molar-refractivity contribution in [1.29, 1.82) is 0 Å². The molecule has 1 fully saturated rings. The van der Waals surface area contributed by atoms with E-state index in [2.05, 4.69) is 10.3 Å². The molecule has 1 N–H and O–H groups in total. The molecule has 68 valence electrons. The van der Waals surface area contributed by atoms with Gasteiger partial charge in [-0.05, 0) is 12.1 Å². The molecule has 2 heterocycles. The third kappa shape index (κ3) is 1.72. The van der Waals surface area contributed by atoms with Crippen LogP contribution in [0.25, 0.3) is 0 Å². The maximum Gasteiger partial charge on any atom is 0.407 e. The zero-order chi connectivity index (χ0) is 9.26. The highest BCUT2D eigenvalue weighted by Gasteiger charge is 2.24. The minimum atomic E-state index is -0.401. The van der Waals surface area contributed by atoms with Crippen molar-refractivity contribution >= 4 is 17.7 Å². The monoisotopic (exact) mass is 198 g/mol. The number of rotatable bonds is 1. The molecule has 1 saturated heterocycles. The number of halogens is 1. The first-order chi connectivity index (χ1) is 6.25. The van der Waals surface area contributed by atoms with Gasteiger partial charge in [0.15, 0.2) is 0 Å². The molecule has 1 atom stereocenters. The molecule has 0 aromatic carbocycles. The molecule has 0 saturated carbocycles. The summed E-state index contributed by atoms with van der Waals surface area (Å²) >= 11 is 5.67. The molecule has 5 heteroatoms. The first-order valence-electron chi connectivity index (χ1n) is 3.80. The van der Waals surface area contributed by atoms with Crippen LogP contribution in [0.4, 0.5) is 4.79 Å². The van der Waals surface area contributed by atoms with Gasteiger partial charge in [0.2, 0.25) is 0 Å². The Bertz CT molecular complexity index is 325. The number of cyclic esters (lactones) is 1. The van der Waals surface area contributed by atoms with E-state index in [-0.39, 0.29) is 6.04 Å². The lowest BCUT2D eigenvalue weighted by Gasteiger charge is -2.05. The lowest BCUT2D eigenvalue weighted by Crippen LogP contribution is -2.19. The Morgan fingerprint density at radius 3 is 3.00 bits per heavy atom. The summed E-state index contributed by atoms with van der Waals surface area (Å²) in [6, 6.07) is 3.35. The average Bonchev–Trinajstić information content (AvgIpc) is 2.53. The number of aromatic nitrogens is 1. The summed E-state index contributed by atoms with van der Waals surface area (Å²) in [4.78, 5) is 14.8. The van der Waals surface area contributed by atoms with E-state index in [1.807, 2.05) is 0 Å². The van der Waals surface area contributed by atoms with Crippen molar-refractivity contribution in [3.05, 3.63) is 29.0 Å². The fourth-order valence-electron chi connectivity index (χ4n) is 1.14. The van der Waals surface area contributed by atoms with Crippen molar-refractivity contribution in [3.8, 4) is 0 Å². The standard InChI is InChI=1S/C8H7ClN2O2/c9-5-1-2-6(10-3-5)7-4-13-8(12)11-7/h1-3,7H,4H2,(H,11,12). The molecular weight excluding hydrogens is 192 g/mol. The Kier molecular flexibility index (Phi) is 2.06. The van der Waals surface area contributed by atoms with Gasteiger partial charge in [-0.3, -0.25) is 4.98 Å². The van der Waals surface area contributed by atoms with Crippen molar-refractivity contribution in [2.45, 2.75) is 6.04 Å². The molecule has 1 aromatic rings. The summed E-state index contributed by atoms with van der Waals surface area (Å²) in [5.41, 5.74) is 0.759. The third-order valence-electron chi connectivity index (χ3n) is 1.78. The molecule has 1 unspecified atom stereocenters. The summed E-state index contributed by atoms with van der Waals surface area (Å²) < 4.78 is 4.73. The Morgan fingerprint density at radius 2 is 2.46 bits per heavy atom. The van der Waals surface area contributed by atoms with E-state index in [1.54, 1.807) is 18.3 Å². The zero-order valence-electron chi connectivity index (χ0n) is 6.66. The lowest BCUT2D eigenvalue weighted by molar-refractivity contribution is 0.177. The summed E-state index contributed by atoms with van der Waals surface area (Å²) in [5.74, 6) is 0. The summed E-state index contributed by atoms with van der Waals surface area (Å²) in [7, 11) is 0. The van der Waals surface area contributed by atoms with E-state index in [4.69, 9.17) is 16.3 Å². The largest absolute Gasteiger partial charge is 0.447 e. The summed E-state index contributed by atoms with van der Waals surface area (Å²) in [6.07, 6.45) is 1.14. The SMILES string of the molecule is O=C1NC(c2ccc(Cl)cn2)CO1. The second-order valence-electron chi connectivity index (χ2n) is 2.70. The zero-order valence-corrected chi connectivity index (χ0v) is 7.41. The molecule has 1 aliphatic heterocycles. The van der Waals surface area contributed by atoms with Crippen LogP contribution in [0.3, 0.4) is 0 Å². The molecule has 0 bridgehead atoms. The van der Waals surface area contributed by atoms with Gasteiger partial charge >= 0.3 is 6.09 Å². The Hall–Kier alpha value is -1.29. The fourth-order valence-corrected chi connectivity index (χ4v) is 1.25. The number of alkyl carbamates (subject to hydrolysis) is 1. The topological polar surface area (TPSA) is 51.2 Å². The van der Waals surface area contributed by atoms with Gasteiger partial charge in [0.05, 0.1) is 10.7 Å². The number of hydrogen-bond donors (Lipinski definition) is 1. The smallest absolute Gasteiger partial charge is 0.407 e. The van der Waals surface area contributed by atoms with Gasteiger partial charge in [0, 0.05) is 6.20 Å². The lowest BCUT2D eigenvalue weighted by atomic mass is 10.2. The second-order valence-corrected chi connectivity index (χ2v) is 3.13. The summed E-state index contributed by atoms with van der Waals surface area (Å²) in [5, 5.41) is 3.20. The van der Waals surface area contributed by atoms with Gasteiger partial charge < -0.3 is 10.1 Å². The van der Waals surface area contributed by atoms with E-state index in [0.29, 0.717) is 11.6 Å². The van der Waals surface area contributed by atoms with Crippen LogP contribution in [0, 0.1) is 0 Å². The molecule has 0 radical (unpaired) electrons. The number of nitrogens with one attached hydrogen (secondary N) is 1. The van der Waals surface area contributed by atoms with Crippen molar-refractivity contribution in [3.63, 3.8) is 0 Å². The van der Waals surface area contributed by atoms with E-state index in [1.165, 1.54) is 0 Å². The molecule has 2 rings (SSSR count). The van der Waals surface area contributed by atoms with Gasteiger partial charge in [-0.25, -0.2) is 4.79 Å². The molecule has 0 spiro atoms. The number of hydrogen-bond acceptors (Lipinski definition) is 3. The van der Waals surface area contributed by atoms with Crippen LogP contribution >= 0.6 is 11.6 Å². The molecular formula is C8H7ClN2O2. The number of carbonyl (C=O) groups excluding carboxylic acids is 1. The Morgan fingerprint density at radius 1 is 1.62 bits per heavy atom. The van der Waals surface area contributed by atoms with Crippen LogP contribution in [0.1, 0.15) is 11.7 Å². The van der Waals surface area contributed by atoms with E-state index >= 15 is 0 Å². The predicted molar refractivity (Wildman–Crippen MR) is 46.5 cm³/mol. The van der Waals surface area contributed by atoms with Crippen molar-refractivity contribution < 1.29 is 9.53 Å². The molecule has 1 aromatic heterocycles. The highest BCUT2D eigenvalue weighted by atomic mass is 35.5. The van der Waals surface area contributed by atoms with Gasteiger partial charge in [-0.15, -0.1) is 0 Å². The molecule has 4 nitrogen and oxygen atoms in total. The highest BCUT2D eigenvalue weighted by molar-refractivity contribution is 6.30. The van der Waals surface area contributed by atoms with Crippen LogP contribution < -0.4 is 5.32 Å². The maximum atomic E-state index is 10.7. The number of ether oxygens (including phenoxy) is 1. The molecule has 1 amide bonds. The number of carbonyl (C=O) groups is 1. The van der Waals surface area contributed by atoms with Crippen LogP contribution in [-0.4, -0.2) is 17.7 Å². The second kappa shape index (κ2) is 3.22. The first-order valence-corrected chi connectivity index (χ1v) is 4.18. The minimum absolute atomic E-state index is 0.148. The molecule has 1 aliphatic rings. The fraction of sp³-hybridized carbons (Fsp3) is 0.250. The van der Waals surface area contributed by atoms with Crippen molar-refractivity contribution in [1.82, 2.24) is 10.3 Å². The van der Waals surface area contributed by atoms with Crippen LogP contribution in [-0.2, 0) is 4.74 Å². The van der Waals surface area contributed by atoms with Gasteiger partial charge in [0.25, 0.3) is 0 Å². The Labute approximate surface area is 79.9 Å². The van der Waals surface area contributed by atoms with Gasteiger partial charge in [-0.1, -0.05) is 11.6 Å². The van der Waals surface area contributed by atoms with Crippen LogP contribution in [0.5, 0.6) is 0 Å². The summed E-state index contributed by atoms with van der Waals surface area (Å²) in [6.45, 7) is 0.327. The van der Waals surface area contributed by atoms with Crippen molar-refractivity contribution in [2.75, 3.05) is 6.61 Å². The normalized spacial score (nSPS) is 21.0. The van der Waals surface area contributed by atoms with Crippen LogP contribution in [0.15, 0.2) is 18.3 Å². The first kappa shape index (κ1) is 8.31. The Balaban J connectivity index is 2.17. The number of pyridine rings is 1. The van der Waals surface area contributed by atoms with Crippen LogP contribution in [0.2, 0.25) is 5.02 Å². The van der Waals surface area contributed by atoms with E-state index < -0.39 is 6.09 Å². The van der Waals surface area contributed by atoms with E-state index in [0.717, 1.165) is 5.69 Å².